The predicted octanol–water partition coefficient (Wildman–Crippen LogP) is 19.0. The quantitative estimate of drug-likeness (QED) is 0.162. The highest BCUT2D eigenvalue weighted by atomic mass is 32.1. The Morgan fingerprint density at radius 2 is 0.871 bits per heavy atom. The Labute approximate surface area is 412 Å². The van der Waals surface area contributed by atoms with Crippen molar-refractivity contribution in [1.82, 2.24) is 9.13 Å². The molecule has 10 aromatic carbocycles. The molecule has 0 amide bonds. The van der Waals surface area contributed by atoms with Crippen LogP contribution in [0.3, 0.4) is 0 Å². The zero-order valence-electron chi connectivity index (χ0n) is 37.4. The normalized spacial score (nSPS) is 12.0. The molecule has 324 valence electrons. The number of benzene rings is 10. The molecule has 0 aliphatic heterocycles. The zero-order valence-corrected chi connectivity index (χ0v) is 39.9. The lowest BCUT2D eigenvalue weighted by atomic mass is 9.88. The van der Waals surface area contributed by atoms with Gasteiger partial charge in [-0.15, -0.1) is 34.0 Å². The first-order valence-corrected chi connectivity index (χ1v) is 25.7. The maximum absolute atomic E-state index is 12.3. The highest BCUT2D eigenvalue weighted by molar-refractivity contribution is 7.27. The summed E-state index contributed by atoms with van der Waals surface area (Å²) in [7, 11) is 0. The van der Waals surface area contributed by atoms with Crippen molar-refractivity contribution in [3.8, 4) is 39.7 Å². The fraction of sp³-hybridized carbons (Fsp3) is 0.0159. The van der Waals surface area contributed by atoms with E-state index in [1.807, 2.05) is 12.1 Å². The van der Waals surface area contributed by atoms with E-state index in [9.17, 15) is 11.8 Å². The van der Waals surface area contributed by atoms with Crippen LogP contribution in [-0.2, 0) is 0 Å². The van der Waals surface area contributed by atoms with Gasteiger partial charge in [0.05, 0.1) is 59.7 Å². The summed E-state index contributed by atoms with van der Waals surface area (Å²) in [6.07, 6.45) is 0. The number of thiophene rings is 3. The molecular formula is C63H34N4S3. The third-order valence-corrected chi connectivity index (χ3v) is 18.1. The second kappa shape index (κ2) is 14.7. The van der Waals surface area contributed by atoms with E-state index in [1.54, 1.807) is 34.0 Å². The first-order valence-electron chi connectivity index (χ1n) is 23.3. The molecule has 0 saturated carbocycles. The molecule has 4 nitrogen and oxygen atoms in total. The van der Waals surface area contributed by atoms with E-state index >= 15 is 0 Å². The van der Waals surface area contributed by atoms with Gasteiger partial charge < -0.3 is 9.13 Å². The first kappa shape index (κ1) is 39.4. The molecule has 5 aromatic heterocycles. The van der Waals surface area contributed by atoms with Gasteiger partial charge >= 0.3 is 0 Å². The van der Waals surface area contributed by atoms with Crippen molar-refractivity contribution >= 4 is 144 Å². The average molecular weight is 943 g/mol. The maximum Gasteiger partial charge on any atom is 0.221 e. The Bertz CT molecular complexity index is 4650. The predicted molar refractivity (Wildman–Crippen MR) is 300 cm³/mol. The van der Waals surface area contributed by atoms with Gasteiger partial charge in [-0.25, -0.2) is 4.85 Å². The number of hydrogen-bond donors (Lipinski definition) is 0. The first-order chi connectivity index (χ1) is 34.6. The largest absolute Gasteiger partial charge is 0.315 e. The lowest BCUT2D eigenvalue weighted by Gasteiger charge is -2.26. The minimum Gasteiger partial charge on any atom is -0.315 e. The van der Waals surface area contributed by atoms with Crippen LogP contribution in [0, 0.1) is 24.8 Å². The zero-order chi connectivity index (χ0) is 46.4. The van der Waals surface area contributed by atoms with Gasteiger partial charge in [0.1, 0.15) is 6.07 Å². The van der Waals surface area contributed by atoms with E-state index in [0.717, 1.165) is 97.3 Å². The average Bonchev–Trinajstić information content (AvgIpc) is 4.23. The fourth-order valence-electron chi connectivity index (χ4n) is 11.6. The third kappa shape index (κ3) is 5.21. The fourth-order valence-corrected chi connectivity index (χ4v) is 15.4. The highest BCUT2D eigenvalue weighted by Gasteiger charge is 2.33. The molecule has 0 saturated heterocycles. The lowest BCUT2D eigenvalue weighted by Crippen LogP contribution is -2.08. The number of aryl methyl sites for hydroxylation is 1. The van der Waals surface area contributed by atoms with Crippen LogP contribution < -0.4 is 0 Å². The molecule has 5 heterocycles. The molecule has 0 bridgehead atoms. The Balaban J connectivity index is 1.24. The van der Waals surface area contributed by atoms with Crippen LogP contribution in [0.2, 0.25) is 0 Å². The van der Waals surface area contributed by atoms with Crippen molar-refractivity contribution in [2.24, 2.45) is 0 Å². The van der Waals surface area contributed by atoms with Crippen LogP contribution in [0.25, 0.3) is 143 Å². The van der Waals surface area contributed by atoms with E-state index in [-0.39, 0.29) is 0 Å². The van der Waals surface area contributed by atoms with E-state index in [2.05, 4.69) is 198 Å². The Morgan fingerprint density at radius 3 is 1.37 bits per heavy atom. The van der Waals surface area contributed by atoms with Crippen molar-refractivity contribution in [3.63, 3.8) is 0 Å². The molecule has 0 radical (unpaired) electrons. The van der Waals surface area contributed by atoms with E-state index in [4.69, 9.17) is 4.85 Å². The molecule has 0 unspecified atom stereocenters. The minimum absolute atomic E-state index is 0.429. The summed E-state index contributed by atoms with van der Waals surface area (Å²) in [5.41, 5.74) is 10.9. The van der Waals surface area contributed by atoms with E-state index in [1.165, 1.54) is 40.3 Å². The molecule has 0 spiro atoms. The highest BCUT2D eigenvalue weighted by Crippen LogP contribution is 2.55. The van der Waals surface area contributed by atoms with Crippen LogP contribution in [0.1, 0.15) is 11.1 Å². The SMILES string of the molecule is [C-]#[N+]c1c(-c2ccccc2)c(-n2c3cccc(C)c3c3ccc4c5ccccc5sc4c32)c(-c2ccccc2)c(C#N)c1-n1c2c(ccc3c4ccccc4sc32)c2ccc3c4ccccc4sc3c21. The number of rotatable bonds is 4. The van der Waals surface area contributed by atoms with Crippen LogP contribution >= 0.6 is 34.0 Å². The number of nitriles is 1. The van der Waals surface area contributed by atoms with Gasteiger partial charge in [-0.3, -0.25) is 0 Å². The number of nitrogens with zero attached hydrogens (tertiary/aromatic N) is 4. The topological polar surface area (TPSA) is 38.0 Å². The smallest absolute Gasteiger partial charge is 0.221 e. The van der Waals surface area contributed by atoms with Crippen molar-refractivity contribution in [3.05, 3.63) is 211 Å². The Morgan fingerprint density at radius 1 is 0.429 bits per heavy atom. The molecule has 7 heteroatoms. The summed E-state index contributed by atoms with van der Waals surface area (Å²) < 4.78 is 11.8. The maximum atomic E-state index is 12.3. The van der Waals surface area contributed by atoms with Crippen molar-refractivity contribution in [1.29, 1.82) is 5.26 Å². The van der Waals surface area contributed by atoms with Crippen LogP contribution in [0.15, 0.2) is 188 Å². The monoisotopic (exact) mass is 942 g/mol. The molecule has 0 atom stereocenters. The number of aromatic nitrogens is 2. The second-order valence-corrected chi connectivity index (χ2v) is 21.2. The summed E-state index contributed by atoms with van der Waals surface area (Å²) in [4.78, 5) is 4.72. The van der Waals surface area contributed by atoms with Gasteiger partial charge in [0.15, 0.2) is 0 Å². The summed E-state index contributed by atoms with van der Waals surface area (Å²) in [5, 5.41) is 23.9. The molecule has 15 aromatic rings. The molecule has 0 aliphatic rings. The standard InChI is InChI=1S/C63H34N4S3/c1-35-16-15-24-48-52(35)46-33-32-45-40-23-11-14-27-51(40)70-63(45)59(46)66(48)60-53(36-17-5-3-6-18-36)47(34-64)56(55(65-2)54(60)37-19-7-4-8-20-37)67-57-41(28-30-43-38-21-9-12-25-49(38)68-61(43)57)42-29-31-44-39-22-10-13-26-50(39)69-62(44)58(42)67/h3-33H,1H3. The van der Waals surface area contributed by atoms with Gasteiger partial charge in [0, 0.05) is 79.1 Å². The molecule has 0 N–H and O–H groups in total. The molecule has 15 rings (SSSR count). The van der Waals surface area contributed by atoms with Gasteiger partial charge in [0.2, 0.25) is 5.69 Å². The molecule has 70 heavy (non-hydrogen) atoms. The van der Waals surface area contributed by atoms with E-state index in [0.29, 0.717) is 16.9 Å². The van der Waals surface area contributed by atoms with Gasteiger partial charge in [-0.2, -0.15) is 5.26 Å². The van der Waals surface area contributed by atoms with Crippen molar-refractivity contribution < 1.29 is 0 Å². The summed E-state index contributed by atoms with van der Waals surface area (Å²) in [6, 6.07) is 69.8. The molecule has 0 fully saturated rings. The minimum atomic E-state index is 0.429. The van der Waals surface area contributed by atoms with Gasteiger partial charge in [-0.1, -0.05) is 164 Å². The van der Waals surface area contributed by atoms with E-state index < -0.39 is 0 Å². The third-order valence-electron chi connectivity index (χ3n) is 14.5. The molecule has 0 aliphatic carbocycles. The Hall–Kier alpha value is -8.56. The van der Waals surface area contributed by atoms with Crippen molar-refractivity contribution in [2.45, 2.75) is 6.92 Å². The van der Waals surface area contributed by atoms with Gasteiger partial charge in [-0.05, 0) is 47.9 Å². The lowest BCUT2D eigenvalue weighted by molar-refractivity contribution is 1.15. The number of fused-ring (bicyclic) bond motifs is 18. The summed E-state index contributed by atoms with van der Waals surface area (Å²) >= 11 is 5.37. The Kier molecular flexibility index (Phi) is 8.29. The second-order valence-electron chi connectivity index (χ2n) is 18.1. The van der Waals surface area contributed by atoms with Crippen LogP contribution in [0.4, 0.5) is 5.69 Å². The van der Waals surface area contributed by atoms with Crippen LogP contribution in [-0.4, -0.2) is 9.13 Å². The molecular weight excluding hydrogens is 909 g/mol. The summed E-state index contributed by atoms with van der Waals surface area (Å²) in [5.74, 6) is 0. The number of hydrogen-bond acceptors (Lipinski definition) is 4. The van der Waals surface area contributed by atoms with Crippen LogP contribution in [0.5, 0.6) is 0 Å². The van der Waals surface area contributed by atoms with Gasteiger partial charge in [0.25, 0.3) is 0 Å². The van der Waals surface area contributed by atoms with Crippen molar-refractivity contribution in [2.75, 3.05) is 0 Å². The summed E-state index contributed by atoms with van der Waals surface area (Å²) in [6.45, 7) is 11.8.